The second kappa shape index (κ2) is 9.74. The highest BCUT2D eigenvalue weighted by atomic mass is 32.2. The summed E-state index contributed by atoms with van der Waals surface area (Å²) in [7, 11) is -4.45. The van der Waals surface area contributed by atoms with E-state index in [0.717, 1.165) is 0 Å². The number of aryl methyl sites for hydroxylation is 1. The normalized spacial score (nSPS) is 12.1. The lowest BCUT2D eigenvalue weighted by Crippen LogP contribution is -2.44. The molecule has 0 fully saturated rings. The van der Waals surface area contributed by atoms with Crippen molar-refractivity contribution >= 4 is 22.1 Å². The second-order valence-electron chi connectivity index (χ2n) is 9.15. The molecule has 2 rings (SSSR count). The Balaban J connectivity index is 2.32. The minimum absolute atomic E-state index is 0.236. The van der Waals surface area contributed by atoms with Gasteiger partial charge in [0.1, 0.15) is 23.5 Å². The summed E-state index contributed by atoms with van der Waals surface area (Å²) in [5.41, 5.74) is -1.19. The second-order valence-corrected chi connectivity index (χ2v) is 11.0. The maximum Gasteiger partial charge on any atom is 0.424 e. The van der Waals surface area contributed by atoms with Crippen LogP contribution in [0.5, 0.6) is 11.6 Å². The van der Waals surface area contributed by atoms with E-state index in [-0.39, 0.29) is 10.8 Å². The van der Waals surface area contributed by atoms with Crippen molar-refractivity contribution < 1.29 is 32.2 Å². The number of aromatic nitrogens is 2. The van der Waals surface area contributed by atoms with E-state index in [1.54, 1.807) is 54.7 Å². The summed E-state index contributed by atoms with van der Waals surface area (Å²) < 4.78 is 42.8. The van der Waals surface area contributed by atoms with Gasteiger partial charge in [-0.05, 0) is 72.7 Å². The Morgan fingerprint density at radius 3 is 2.03 bits per heavy atom. The summed E-state index contributed by atoms with van der Waals surface area (Å²) in [5.74, 6) is -0.342. The lowest BCUT2D eigenvalue weighted by Gasteiger charge is -2.27. The number of hydrogen-bond donors (Lipinski definition) is 0. The highest BCUT2D eigenvalue weighted by molar-refractivity contribution is 7.89. The van der Waals surface area contributed by atoms with Gasteiger partial charge in [0.25, 0.3) is 10.0 Å². The molecule has 10 nitrogen and oxygen atoms in total. The lowest BCUT2D eigenvalue weighted by atomic mass is 10.2. The van der Waals surface area contributed by atoms with Crippen LogP contribution in [-0.4, -0.2) is 52.5 Å². The lowest BCUT2D eigenvalue weighted by molar-refractivity contribution is -0.154. The topological polar surface area (TPSA) is 125 Å². The molecule has 1 amide bonds. The molecule has 1 aromatic carbocycles. The third-order valence-corrected chi connectivity index (χ3v) is 5.38. The molecule has 0 aliphatic heterocycles. The number of ether oxygens (including phenoxy) is 3. The van der Waals surface area contributed by atoms with E-state index in [1.807, 2.05) is 0 Å². The van der Waals surface area contributed by atoms with Gasteiger partial charge in [0.15, 0.2) is 0 Å². The first-order chi connectivity index (χ1) is 15.1. The Labute approximate surface area is 193 Å². The summed E-state index contributed by atoms with van der Waals surface area (Å²) in [4.78, 5) is 32.9. The number of rotatable bonds is 6. The largest absolute Gasteiger partial charge is 0.459 e. The van der Waals surface area contributed by atoms with Gasteiger partial charge in [-0.2, -0.15) is 4.31 Å². The van der Waals surface area contributed by atoms with Crippen LogP contribution in [-0.2, 0) is 24.3 Å². The molecule has 0 aliphatic rings. The van der Waals surface area contributed by atoms with Crippen LogP contribution < -0.4 is 4.74 Å². The summed E-state index contributed by atoms with van der Waals surface area (Å²) in [6, 6.07) is 5.30. The van der Waals surface area contributed by atoms with Crippen molar-refractivity contribution in [3.63, 3.8) is 0 Å². The van der Waals surface area contributed by atoms with Gasteiger partial charge in [-0.3, -0.25) is 9.78 Å². The first-order valence-corrected chi connectivity index (χ1v) is 11.5. The number of benzene rings is 1. The third kappa shape index (κ3) is 8.01. The molecule has 0 spiro atoms. The molecular formula is C22H29N3O7S. The van der Waals surface area contributed by atoms with Crippen LogP contribution >= 0.6 is 0 Å². The molecule has 2 aromatic rings. The molecule has 0 bridgehead atoms. The molecule has 0 atom stereocenters. The molecule has 33 heavy (non-hydrogen) atoms. The van der Waals surface area contributed by atoms with Gasteiger partial charge >= 0.3 is 12.1 Å². The zero-order valence-corrected chi connectivity index (χ0v) is 20.6. The van der Waals surface area contributed by atoms with E-state index < -0.39 is 39.8 Å². The predicted octanol–water partition coefficient (Wildman–Crippen LogP) is 3.84. The minimum atomic E-state index is -4.45. The van der Waals surface area contributed by atoms with E-state index in [0.29, 0.717) is 15.7 Å². The molecule has 0 saturated carbocycles. The first kappa shape index (κ1) is 26.0. The van der Waals surface area contributed by atoms with Gasteiger partial charge in [0, 0.05) is 6.20 Å². The molecule has 0 saturated heterocycles. The van der Waals surface area contributed by atoms with Crippen molar-refractivity contribution in [3.8, 4) is 11.6 Å². The van der Waals surface area contributed by atoms with E-state index in [4.69, 9.17) is 14.2 Å². The number of hydrogen-bond acceptors (Lipinski definition) is 9. The quantitative estimate of drug-likeness (QED) is 0.568. The van der Waals surface area contributed by atoms with E-state index in [1.165, 1.54) is 30.5 Å². The van der Waals surface area contributed by atoms with Crippen LogP contribution in [0.25, 0.3) is 0 Å². The summed E-state index contributed by atoms with van der Waals surface area (Å²) in [6.45, 7) is 10.6. The first-order valence-electron chi connectivity index (χ1n) is 10.1. The standard InChI is InChI=1S/C22H29N3O7S/c1-15-12-23-13-18(24-15)30-16-8-10-17(11-9-16)33(28,29)25(20(27)32-22(5,6)7)14-19(26)31-21(2,3)4/h8-13H,14H2,1-7H3. The van der Waals surface area contributed by atoms with E-state index in [2.05, 4.69) is 9.97 Å². The third-order valence-electron chi connectivity index (χ3n) is 3.66. The average Bonchev–Trinajstić information content (AvgIpc) is 2.63. The number of sulfonamides is 1. The molecule has 0 unspecified atom stereocenters. The highest BCUT2D eigenvalue weighted by Gasteiger charge is 2.36. The minimum Gasteiger partial charge on any atom is -0.459 e. The Hall–Kier alpha value is -3.21. The van der Waals surface area contributed by atoms with Gasteiger partial charge in [-0.25, -0.2) is 18.2 Å². The Kier molecular flexibility index (Phi) is 7.68. The smallest absolute Gasteiger partial charge is 0.424 e. The van der Waals surface area contributed by atoms with Gasteiger partial charge in [-0.1, -0.05) is 0 Å². The Morgan fingerprint density at radius 1 is 0.939 bits per heavy atom. The highest BCUT2D eigenvalue weighted by Crippen LogP contribution is 2.24. The van der Waals surface area contributed by atoms with Crippen LogP contribution in [0, 0.1) is 6.92 Å². The number of carbonyl (C=O) groups excluding carboxylic acids is 2. The number of nitrogens with zero attached hydrogens (tertiary/aromatic N) is 3. The maximum absolute atomic E-state index is 13.2. The molecular weight excluding hydrogens is 450 g/mol. The van der Waals surface area contributed by atoms with Crippen molar-refractivity contribution in [2.75, 3.05) is 6.54 Å². The summed E-state index contributed by atoms with van der Waals surface area (Å²) in [6.07, 6.45) is 1.80. The van der Waals surface area contributed by atoms with Gasteiger partial charge in [0.2, 0.25) is 5.88 Å². The number of amides is 1. The number of esters is 1. The molecule has 0 aliphatic carbocycles. The van der Waals surface area contributed by atoms with Crippen molar-refractivity contribution in [1.29, 1.82) is 0 Å². The zero-order chi connectivity index (χ0) is 25.0. The van der Waals surface area contributed by atoms with Crippen LogP contribution in [0.2, 0.25) is 0 Å². The van der Waals surface area contributed by atoms with Crippen LogP contribution in [0.15, 0.2) is 41.6 Å². The Bertz CT molecular complexity index is 1100. The predicted molar refractivity (Wildman–Crippen MR) is 119 cm³/mol. The zero-order valence-electron chi connectivity index (χ0n) is 19.8. The molecule has 0 N–H and O–H groups in total. The van der Waals surface area contributed by atoms with E-state index in [9.17, 15) is 18.0 Å². The maximum atomic E-state index is 13.2. The van der Waals surface area contributed by atoms with Crippen molar-refractivity contribution in [2.45, 2.75) is 64.6 Å². The van der Waals surface area contributed by atoms with Crippen LogP contribution in [0.4, 0.5) is 4.79 Å². The molecule has 11 heteroatoms. The van der Waals surface area contributed by atoms with Crippen molar-refractivity contribution in [1.82, 2.24) is 14.3 Å². The van der Waals surface area contributed by atoms with Crippen molar-refractivity contribution in [3.05, 3.63) is 42.4 Å². The molecule has 1 aromatic heterocycles. The summed E-state index contributed by atoms with van der Waals surface area (Å²) in [5, 5.41) is 0. The summed E-state index contributed by atoms with van der Waals surface area (Å²) >= 11 is 0. The molecule has 180 valence electrons. The molecule has 0 radical (unpaired) electrons. The average molecular weight is 480 g/mol. The van der Waals surface area contributed by atoms with Gasteiger partial charge < -0.3 is 14.2 Å². The van der Waals surface area contributed by atoms with Crippen LogP contribution in [0.3, 0.4) is 0 Å². The fraction of sp³-hybridized carbons (Fsp3) is 0.455. The fourth-order valence-electron chi connectivity index (χ4n) is 2.47. The van der Waals surface area contributed by atoms with Crippen molar-refractivity contribution in [2.24, 2.45) is 0 Å². The molecule has 1 heterocycles. The Morgan fingerprint density at radius 2 is 1.52 bits per heavy atom. The monoisotopic (exact) mass is 479 g/mol. The van der Waals surface area contributed by atoms with Gasteiger partial charge in [0.05, 0.1) is 16.8 Å². The fourth-order valence-corrected chi connectivity index (χ4v) is 3.71. The van der Waals surface area contributed by atoms with Gasteiger partial charge in [-0.15, -0.1) is 0 Å². The van der Waals surface area contributed by atoms with E-state index >= 15 is 0 Å². The van der Waals surface area contributed by atoms with Crippen LogP contribution in [0.1, 0.15) is 47.2 Å². The number of carbonyl (C=O) groups is 2. The SMILES string of the molecule is Cc1cncc(Oc2ccc(S(=O)(=O)N(CC(=O)OC(C)(C)C)C(=O)OC(C)(C)C)cc2)n1.